The number of ether oxygens (including phenoxy) is 1. The highest BCUT2D eigenvalue weighted by atomic mass is 16.5. The molecule has 0 heterocycles. The molecule has 2 N–H and O–H groups in total. The van der Waals surface area contributed by atoms with E-state index in [4.69, 9.17) is 4.74 Å². The molecule has 0 fully saturated rings. The Kier molecular flexibility index (Phi) is 9.27. The number of para-hydroxylation sites is 1. The first-order chi connectivity index (χ1) is 16.5. The van der Waals surface area contributed by atoms with Gasteiger partial charge in [0, 0.05) is 17.8 Å². The third-order valence-corrected chi connectivity index (χ3v) is 5.91. The highest BCUT2D eigenvalue weighted by Crippen LogP contribution is 2.29. The van der Waals surface area contributed by atoms with Crippen LogP contribution in [0.15, 0.2) is 78.9 Å². The molecule has 0 aromatic heterocycles. The van der Waals surface area contributed by atoms with Gasteiger partial charge in [-0.05, 0) is 66.6 Å². The Bertz CT molecular complexity index is 1060. The minimum absolute atomic E-state index is 0.0416. The predicted molar refractivity (Wildman–Crippen MR) is 138 cm³/mol. The first-order valence-corrected chi connectivity index (χ1v) is 12.0. The molecule has 0 aliphatic carbocycles. The second-order valence-corrected chi connectivity index (χ2v) is 8.46. The molecule has 5 nitrogen and oxygen atoms in total. The minimum atomic E-state index is -0.595. The molecule has 2 amide bonds. The topological polar surface area (TPSA) is 67.4 Å². The Labute approximate surface area is 202 Å². The van der Waals surface area contributed by atoms with Crippen molar-refractivity contribution in [1.82, 2.24) is 0 Å². The molecule has 2 unspecified atom stereocenters. The van der Waals surface area contributed by atoms with E-state index in [0.29, 0.717) is 36.6 Å². The average molecular weight is 459 g/mol. The van der Waals surface area contributed by atoms with Gasteiger partial charge in [0.1, 0.15) is 5.75 Å². The Morgan fingerprint density at radius 1 is 0.794 bits per heavy atom. The van der Waals surface area contributed by atoms with Gasteiger partial charge >= 0.3 is 0 Å². The standard InChI is InChI=1S/C29H34N2O3/c1-4-21(3)25-13-9-10-14-27(25)34-26(5-2)29(33)31-24-18-16-23(17-19-24)30-28(32)20-15-22-11-7-6-8-12-22/h6-14,16-19,21,26H,4-5,15,20H2,1-3H3,(H,30,32)(H,31,33). The molecule has 3 aromatic rings. The lowest BCUT2D eigenvalue weighted by molar-refractivity contribution is -0.122. The Morgan fingerprint density at radius 3 is 2.06 bits per heavy atom. The normalized spacial score (nSPS) is 12.4. The number of amides is 2. The summed E-state index contributed by atoms with van der Waals surface area (Å²) in [7, 11) is 0. The van der Waals surface area contributed by atoms with Crippen LogP contribution >= 0.6 is 0 Å². The number of nitrogens with one attached hydrogen (secondary N) is 2. The lowest BCUT2D eigenvalue weighted by Crippen LogP contribution is -2.32. The van der Waals surface area contributed by atoms with Crippen LogP contribution in [0.4, 0.5) is 11.4 Å². The minimum Gasteiger partial charge on any atom is -0.480 e. The molecule has 0 saturated heterocycles. The number of benzene rings is 3. The van der Waals surface area contributed by atoms with Gasteiger partial charge in [-0.25, -0.2) is 0 Å². The highest BCUT2D eigenvalue weighted by molar-refractivity contribution is 5.95. The predicted octanol–water partition coefficient (Wildman–Crippen LogP) is 6.57. The zero-order valence-corrected chi connectivity index (χ0v) is 20.2. The molecule has 0 bridgehead atoms. The van der Waals surface area contributed by atoms with Crippen LogP contribution in [0.25, 0.3) is 0 Å². The summed E-state index contributed by atoms with van der Waals surface area (Å²) in [4.78, 5) is 25.1. The van der Waals surface area contributed by atoms with Gasteiger partial charge in [0.25, 0.3) is 5.91 Å². The zero-order valence-electron chi connectivity index (χ0n) is 20.2. The quantitative estimate of drug-likeness (QED) is 0.342. The van der Waals surface area contributed by atoms with E-state index in [9.17, 15) is 9.59 Å². The second kappa shape index (κ2) is 12.6. The number of aryl methyl sites for hydroxylation is 1. The summed E-state index contributed by atoms with van der Waals surface area (Å²) in [6, 6.07) is 25.0. The SMILES string of the molecule is CCC(Oc1ccccc1C(C)CC)C(=O)Nc1ccc(NC(=O)CCc2ccccc2)cc1. The molecular formula is C29H34N2O3. The summed E-state index contributed by atoms with van der Waals surface area (Å²) in [5.74, 6) is 0.876. The van der Waals surface area contributed by atoms with Gasteiger partial charge in [-0.15, -0.1) is 0 Å². The van der Waals surface area contributed by atoms with Crippen molar-refractivity contribution in [2.24, 2.45) is 0 Å². The van der Waals surface area contributed by atoms with Crippen molar-refractivity contribution in [2.75, 3.05) is 10.6 Å². The van der Waals surface area contributed by atoms with Crippen molar-refractivity contribution in [2.45, 2.75) is 58.5 Å². The molecular weight excluding hydrogens is 424 g/mol. The van der Waals surface area contributed by atoms with Crippen molar-refractivity contribution in [3.63, 3.8) is 0 Å². The van der Waals surface area contributed by atoms with E-state index in [2.05, 4.69) is 30.5 Å². The summed E-state index contributed by atoms with van der Waals surface area (Å²) in [6.07, 6.45) is 2.06. The van der Waals surface area contributed by atoms with Gasteiger partial charge in [0.05, 0.1) is 0 Å². The van der Waals surface area contributed by atoms with E-state index in [1.54, 1.807) is 24.3 Å². The lowest BCUT2D eigenvalue weighted by Gasteiger charge is -2.21. The van der Waals surface area contributed by atoms with Crippen LogP contribution in [-0.4, -0.2) is 17.9 Å². The maximum absolute atomic E-state index is 12.9. The number of rotatable bonds is 11. The van der Waals surface area contributed by atoms with Gasteiger partial charge in [-0.1, -0.05) is 69.3 Å². The second-order valence-electron chi connectivity index (χ2n) is 8.46. The van der Waals surface area contributed by atoms with Crippen LogP contribution in [0.3, 0.4) is 0 Å². The van der Waals surface area contributed by atoms with Crippen LogP contribution in [0, 0.1) is 0 Å². The fraction of sp³-hybridized carbons (Fsp3) is 0.310. The van der Waals surface area contributed by atoms with E-state index >= 15 is 0 Å². The van der Waals surface area contributed by atoms with Crippen molar-refractivity contribution in [3.8, 4) is 5.75 Å². The maximum atomic E-state index is 12.9. The number of carbonyl (C=O) groups excluding carboxylic acids is 2. The largest absolute Gasteiger partial charge is 0.480 e. The highest BCUT2D eigenvalue weighted by Gasteiger charge is 2.21. The average Bonchev–Trinajstić information content (AvgIpc) is 2.87. The monoisotopic (exact) mass is 458 g/mol. The van der Waals surface area contributed by atoms with E-state index in [1.165, 1.54) is 0 Å². The third kappa shape index (κ3) is 7.20. The number of carbonyl (C=O) groups is 2. The van der Waals surface area contributed by atoms with E-state index in [0.717, 1.165) is 23.3 Å². The number of anilines is 2. The Morgan fingerprint density at radius 2 is 1.41 bits per heavy atom. The van der Waals surface area contributed by atoms with Crippen molar-refractivity contribution < 1.29 is 14.3 Å². The number of hydrogen-bond donors (Lipinski definition) is 2. The van der Waals surface area contributed by atoms with E-state index < -0.39 is 6.10 Å². The summed E-state index contributed by atoms with van der Waals surface area (Å²) in [6.45, 7) is 6.23. The first-order valence-electron chi connectivity index (χ1n) is 12.0. The molecule has 0 saturated carbocycles. The van der Waals surface area contributed by atoms with Gasteiger partial charge in [0.15, 0.2) is 6.10 Å². The van der Waals surface area contributed by atoms with Gasteiger partial charge < -0.3 is 15.4 Å². The number of hydrogen-bond acceptors (Lipinski definition) is 3. The molecule has 3 aromatic carbocycles. The molecule has 0 aliphatic heterocycles. The molecule has 5 heteroatoms. The fourth-order valence-corrected chi connectivity index (χ4v) is 3.68. The smallest absolute Gasteiger partial charge is 0.265 e. The van der Waals surface area contributed by atoms with Crippen LogP contribution in [0.1, 0.15) is 57.1 Å². The molecule has 178 valence electrons. The molecule has 3 rings (SSSR count). The molecule has 0 radical (unpaired) electrons. The summed E-state index contributed by atoms with van der Waals surface area (Å²) >= 11 is 0. The molecule has 0 spiro atoms. The van der Waals surface area contributed by atoms with Gasteiger partial charge in [0.2, 0.25) is 5.91 Å². The Balaban J connectivity index is 1.54. The molecule has 2 atom stereocenters. The van der Waals surface area contributed by atoms with Gasteiger partial charge in [-0.2, -0.15) is 0 Å². The van der Waals surface area contributed by atoms with Crippen LogP contribution in [0.2, 0.25) is 0 Å². The lowest BCUT2D eigenvalue weighted by atomic mass is 9.98. The van der Waals surface area contributed by atoms with Gasteiger partial charge in [-0.3, -0.25) is 9.59 Å². The fourth-order valence-electron chi connectivity index (χ4n) is 3.68. The van der Waals surface area contributed by atoms with Crippen molar-refractivity contribution in [3.05, 3.63) is 90.0 Å². The molecule has 0 aliphatic rings. The maximum Gasteiger partial charge on any atom is 0.265 e. The summed E-state index contributed by atoms with van der Waals surface area (Å²) in [5, 5.41) is 5.83. The van der Waals surface area contributed by atoms with Crippen LogP contribution in [-0.2, 0) is 16.0 Å². The third-order valence-electron chi connectivity index (χ3n) is 5.91. The molecule has 34 heavy (non-hydrogen) atoms. The van der Waals surface area contributed by atoms with Crippen molar-refractivity contribution >= 4 is 23.2 Å². The summed E-state index contributed by atoms with van der Waals surface area (Å²) < 4.78 is 6.12. The van der Waals surface area contributed by atoms with Crippen LogP contribution in [0.5, 0.6) is 5.75 Å². The Hall–Kier alpha value is -3.60. The van der Waals surface area contributed by atoms with E-state index in [-0.39, 0.29) is 11.8 Å². The van der Waals surface area contributed by atoms with Crippen LogP contribution < -0.4 is 15.4 Å². The van der Waals surface area contributed by atoms with E-state index in [1.807, 2.05) is 55.5 Å². The first kappa shape index (κ1) is 25.0. The van der Waals surface area contributed by atoms with Crippen molar-refractivity contribution in [1.29, 1.82) is 0 Å². The zero-order chi connectivity index (χ0) is 24.3. The summed E-state index contributed by atoms with van der Waals surface area (Å²) in [5.41, 5.74) is 3.60.